The molecule has 5 rings (SSSR count). The topological polar surface area (TPSA) is 80.8 Å². The monoisotopic (exact) mass is 367 g/mol. The number of aliphatic hydroxyl groups is 1. The number of rotatable bonds is 2. The van der Waals surface area contributed by atoms with E-state index in [0.717, 1.165) is 52.7 Å². The summed E-state index contributed by atoms with van der Waals surface area (Å²) in [5, 5.41) is 19.0. The van der Waals surface area contributed by atoms with Crippen molar-refractivity contribution in [3.05, 3.63) is 41.4 Å². The first kappa shape index (κ1) is 15.7. The lowest BCUT2D eigenvalue weighted by atomic mass is 10.1. The number of aromatic amines is 2. The molecular formula is C19H18ClN5O. The number of anilines is 1. The van der Waals surface area contributed by atoms with Crippen LogP contribution in [-0.2, 0) is 0 Å². The zero-order chi connectivity index (χ0) is 17.7. The van der Waals surface area contributed by atoms with Crippen molar-refractivity contribution in [1.82, 2.24) is 20.2 Å². The lowest BCUT2D eigenvalue weighted by molar-refractivity contribution is 0.154. The van der Waals surface area contributed by atoms with E-state index in [1.807, 2.05) is 24.3 Å². The van der Waals surface area contributed by atoms with Crippen LogP contribution in [0.3, 0.4) is 0 Å². The number of fused-ring (bicyclic) bond motifs is 2. The minimum atomic E-state index is -0.253. The molecular weight excluding hydrogens is 350 g/mol. The van der Waals surface area contributed by atoms with Crippen molar-refractivity contribution < 1.29 is 5.11 Å². The molecule has 1 aliphatic heterocycles. The van der Waals surface area contributed by atoms with Crippen molar-refractivity contribution in [2.24, 2.45) is 0 Å². The molecule has 0 saturated carbocycles. The van der Waals surface area contributed by atoms with Crippen LogP contribution in [-0.4, -0.2) is 44.5 Å². The first-order valence-electron chi connectivity index (χ1n) is 8.74. The van der Waals surface area contributed by atoms with Crippen LogP contribution in [0.2, 0.25) is 5.02 Å². The average Bonchev–Trinajstić information content (AvgIpc) is 3.24. The number of H-pyrrole nitrogens is 2. The van der Waals surface area contributed by atoms with E-state index in [9.17, 15) is 5.11 Å². The van der Waals surface area contributed by atoms with Crippen molar-refractivity contribution in [2.75, 3.05) is 18.0 Å². The lowest BCUT2D eigenvalue weighted by Crippen LogP contribution is -2.38. The van der Waals surface area contributed by atoms with E-state index in [2.05, 4.69) is 37.2 Å². The van der Waals surface area contributed by atoms with Gasteiger partial charge in [0.25, 0.3) is 0 Å². The van der Waals surface area contributed by atoms with E-state index >= 15 is 0 Å². The minimum absolute atomic E-state index is 0.253. The molecule has 26 heavy (non-hydrogen) atoms. The molecule has 0 radical (unpaired) electrons. The third kappa shape index (κ3) is 2.62. The molecule has 4 aromatic rings. The zero-order valence-electron chi connectivity index (χ0n) is 14.0. The van der Waals surface area contributed by atoms with Gasteiger partial charge in [0, 0.05) is 29.2 Å². The summed E-state index contributed by atoms with van der Waals surface area (Å²) in [5.74, 6) is 0.712. The summed E-state index contributed by atoms with van der Waals surface area (Å²) in [6.07, 6.45) is 1.63. The summed E-state index contributed by atoms with van der Waals surface area (Å²) < 4.78 is 0. The van der Waals surface area contributed by atoms with Crippen LogP contribution in [0.25, 0.3) is 33.5 Å². The molecule has 6 nitrogen and oxygen atoms in total. The Balaban J connectivity index is 1.56. The first-order chi connectivity index (χ1) is 12.7. The van der Waals surface area contributed by atoms with E-state index in [0.29, 0.717) is 17.4 Å². The highest BCUT2D eigenvalue weighted by molar-refractivity contribution is 6.31. The molecule has 1 saturated heterocycles. The van der Waals surface area contributed by atoms with Gasteiger partial charge in [-0.15, -0.1) is 0 Å². The summed E-state index contributed by atoms with van der Waals surface area (Å²) in [5.41, 5.74) is 4.62. The molecule has 1 unspecified atom stereocenters. The van der Waals surface area contributed by atoms with Gasteiger partial charge in [-0.3, -0.25) is 5.10 Å². The number of hydrogen-bond donors (Lipinski definition) is 3. The molecule has 0 spiro atoms. The van der Waals surface area contributed by atoms with E-state index < -0.39 is 0 Å². The third-order valence-corrected chi connectivity index (χ3v) is 5.21. The Hall–Kier alpha value is -2.57. The lowest BCUT2D eigenvalue weighted by Gasteiger charge is -2.31. The second-order valence-corrected chi connectivity index (χ2v) is 7.23. The van der Waals surface area contributed by atoms with Crippen molar-refractivity contribution in [1.29, 1.82) is 0 Å². The summed E-state index contributed by atoms with van der Waals surface area (Å²) in [6, 6.07) is 11.8. The van der Waals surface area contributed by atoms with Crippen LogP contribution in [0.5, 0.6) is 0 Å². The van der Waals surface area contributed by atoms with Gasteiger partial charge in [0.05, 0.1) is 22.7 Å². The standard InChI is InChI=1S/C19H18ClN5O/c20-11-3-5-15-14(8-11)18(24-23-15)19-21-16-6-4-12(9-17(16)22-19)25-7-1-2-13(26)10-25/h3-6,8-9,13,26H,1-2,7,10H2,(H,21,22)(H,23,24). The smallest absolute Gasteiger partial charge is 0.159 e. The van der Waals surface area contributed by atoms with Crippen LogP contribution in [0.1, 0.15) is 12.8 Å². The number of benzene rings is 2. The Bertz CT molecular complexity index is 1100. The van der Waals surface area contributed by atoms with Gasteiger partial charge in [-0.1, -0.05) is 11.6 Å². The van der Waals surface area contributed by atoms with Crippen molar-refractivity contribution in [2.45, 2.75) is 18.9 Å². The normalized spacial score (nSPS) is 18.1. The molecule has 3 N–H and O–H groups in total. The molecule has 2 aromatic carbocycles. The van der Waals surface area contributed by atoms with Crippen LogP contribution in [0, 0.1) is 0 Å². The number of hydrogen-bond acceptors (Lipinski definition) is 4. The van der Waals surface area contributed by atoms with E-state index in [1.54, 1.807) is 0 Å². The first-order valence-corrected chi connectivity index (χ1v) is 9.12. The number of halogens is 1. The highest BCUT2D eigenvalue weighted by Gasteiger charge is 2.19. The van der Waals surface area contributed by atoms with Crippen LogP contribution >= 0.6 is 11.6 Å². The predicted octanol–water partition coefficient (Wildman–Crippen LogP) is 3.72. The number of aromatic nitrogens is 4. The third-order valence-electron chi connectivity index (χ3n) is 4.98. The fourth-order valence-electron chi connectivity index (χ4n) is 3.66. The van der Waals surface area contributed by atoms with Crippen LogP contribution in [0.4, 0.5) is 5.69 Å². The number of piperidine rings is 1. The van der Waals surface area contributed by atoms with Crippen molar-refractivity contribution in [3.8, 4) is 11.5 Å². The highest BCUT2D eigenvalue weighted by atomic mass is 35.5. The second kappa shape index (κ2) is 6.00. The second-order valence-electron chi connectivity index (χ2n) is 6.79. The molecule has 0 aliphatic carbocycles. The Morgan fingerprint density at radius 2 is 2.08 bits per heavy atom. The Kier molecular flexibility index (Phi) is 3.62. The zero-order valence-corrected chi connectivity index (χ0v) is 14.8. The number of nitrogens with one attached hydrogen (secondary N) is 2. The fourth-order valence-corrected chi connectivity index (χ4v) is 3.83. The maximum absolute atomic E-state index is 9.92. The van der Waals surface area contributed by atoms with Crippen molar-refractivity contribution >= 4 is 39.2 Å². The van der Waals surface area contributed by atoms with E-state index in [-0.39, 0.29) is 6.10 Å². The summed E-state index contributed by atoms with van der Waals surface area (Å²) >= 11 is 6.13. The van der Waals surface area contributed by atoms with Gasteiger partial charge in [0.15, 0.2) is 5.82 Å². The van der Waals surface area contributed by atoms with Crippen molar-refractivity contribution in [3.63, 3.8) is 0 Å². The van der Waals surface area contributed by atoms with Gasteiger partial charge < -0.3 is 15.0 Å². The van der Waals surface area contributed by atoms with Gasteiger partial charge in [-0.25, -0.2) is 4.98 Å². The largest absolute Gasteiger partial charge is 0.391 e. The van der Waals surface area contributed by atoms with Gasteiger partial charge in [0.1, 0.15) is 5.69 Å². The molecule has 132 valence electrons. The van der Waals surface area contributed by atoms with E-state index in [4.69, 9.17) is 11.6 Å². The molecule has 7 heteroatoms. The van der Waals surface area contributed by atoms with Gasteiger partial charge in [0.2, 0.25) is 0 Å². The molecule has 1 fully saturated rings. The fraction of sp³-hybridized carbons (Fsp3) is 0.263. The number of imidazole rings is 1. The number of nitrogens with zero attached hydrogens (tertiary/aromatic N) is 3. The predicted molar refractivity (Wildman–Crippen MR) is 104 cm³/mol. The summed E-state index contributed by atoms with van der Waals surface area (Å²) in [4.78, 5) is 10.3. The quantitative estimate of drug-likeness (QED) is 0.504. The molecule has 0 bridgehead atoms. The Labute approximate surface area is 154 Å². The molecule has 0 amide bonds. The maximum Gasteiger partial charge on any atom is 0.159 e. The molecule has 2 aromatic heterocycles. The van der Waals surface area contributed by atoms with Gasteiger partial charge in [-0.05, 0) is 49.2 Å². The van der Waals surface area contributed by atoms with Crippen LogP contribution in [0.15, 0.2) is 36.4 Å². The molecule has 1 aliphatic rings. The van der Waals surface area contributed by atoms with Gasteiger partial charge in [-0.2, -0.15) is 5.10 Å². The van der Waals surface area contributed by atoms with Crippen LogP contribution < -0.4 is 4.90 Å². The molecule has 3 heterocycles. The summed E-state index contributed by atoms with van der Waals surface area (Å²) in [6.45, 7) is 1.64. The Morgan fingerprint density at radius 1 is 1.15 bits per heavy atom. The number of aliphatic hydroxyl groups excluding tert-OH is 1. The Morgan fingerprint density at radius 3 is 2.96 bits per heavy atom. The molecule has 1 atom stereocenters. The van der Waals surface area contributed by atoms with Gasteiger partial charge >= 0.3 is 0 Å². The highest BCUT2D eigenvalue weighted by Crippen LogP contribution is 2.30. The SMILES string of the molecule is OC1CCCN(c2ccc3nc(-c4n[nH]c5ccc(Cl)cc45)[nH]c3c2)C1. The average molecular weight is 368 g/mol. The number of β-amino-alcohol motifs (C(OH)–C–C–N with tert-alkyl or cyclic N) is 1. The maximum atomic E-state index is 9.92. The minimum Gasteiger partial charge on any atom is -0.391 e. The van der Waals surface area contributed by atoms with E-state index in [1.165, 1.54) is 0 Å². The summed E-state index contributed by atoms with van der Waals surface area (Å²) in [7, 11) is 0.